The van der Waals surface area contributed by atoms with Crippen molar-refractivity contribution in [2.24, 2.45) is 0 Å². The predicted octanol–water partition coefficient (Wildman–Crippen LogP) is 12.2. The van der Waals surface area contributed by atoms with E-state index in [1.807, 2.05) is 47.0 Å². The van der Waals surface area contributed by atoms with Crippen LogP contribution in [0.5, 0.6) is 0 Å². The van der Waals surface area contributed by atoms with E-state index in [0.29, 0.717) is 17.5 Å². The summed E-state index contributed by atoms with van der Waals surface area (Å²) in [5, 5.41) is 0. The predicted molar refractivity (Wildman–Crippen MR) is 233 cm³/mol. The molecule has 0 saturated carbocycles. The zero-order chi connectivity index (χ0) is 38.5. The highest BCUT2D eigenvalue weighted by Crippen LogP contribution is 2.56. The van der Waals surface area contributed by atoms with Gasteiger partial charge in [-0.05, 0) is 68.8 Å². The molecule has 3 aromatic heterocycles. The van der Waals surface area contributed by atoms with E-state index in [0.717, 1.165) is 44.7 Å². The van der Waals surface area contributed by atoms with Gasteiger partial charge >= 0.3 is 0 Å². The zero-order valence-electron chi connectivity index (χ0n) is 31.4. The second-order valence-electron chi connectivity index (χ2n) is 14.7. The van der Waals surface area contributed by atoms with Crippen LogP contribution in [0.4, 0.5) is 0 Å². The Labute approximate surface area is 336 Å². The van der Waals surface area contributed by atoms with Gasteiger partial charge in [-0.1, -0.05) is 176 Å². The molecule has 0 saturated heterocycles. The first-order chi connectivity index (χ1) is 28.7. The van der Waals surface area contributed by atoms with Crippen LogP contribution in [0.1, 0.15) is 22.3 Å². The van der Waals surface area contributed by atoms with Gasteiger partial charge < -0.3 is 4.40 Å². The van der Waals surface area contributed by atoms with E-state index in [1.54, 1.807) is 0 Å². The molecule has 272 valence electrons. The van der Waals surface area contributed by atoms with Crippen LogP contribution >= 0.6 is 0 Å². The van der Waals surface area contributed by atoms with Crippen LogP contribution in [0.15, 0.2) is 213 Å². The number of benzene rings is 7. The van der Waals surface area contributed by atoms with E-state index in [4.69, 9.17) is 19.9 Å². The highest BCUT2D eigenvalue weighted by Gasteiger charge is 2.46. The fourth-order valence-electron chi connectivity index (χ4n) is 8.68. The average Bonchev–Trinajstić information content (AvgIpc) is 3.88. The van der Waals surface area contributed by atoms with Crippen LogP contribution in [0, 0.1) is 0 Å². The molecule has 0 N–H and O–H groups in total. The SMILES string of the molecule is c1ccc(-c2nc(-c3cccc(-c4ccc(-c5cn6ccccc6n5)cc4)c3)nc(-c3ccc4c(c3)C(c3ccccc3)(c3ccccc3)c3ccccc3-4)n2)cc1. The number of hydrogen-bond donors (Lipinski definition) is 0. The molecular formula is C53H35N5. The standard InChI is InChI=1S/C53H35N5/c1-4-15-38(16-5-1)50-55-51(40-18-14-17-39(33-40)36-26-28-37(29-27-36)48-35-58-32-13-12-25-49(58)54-48)57-52(56-50)41-30-31-45-44-23-10-11-24-46(44)53(47(45)34-41,42-19-6-2-7-20-42)43-21-8-3-9-22-43/h1-35H. The molecule has 58 heavy (non-hydrogen) atoms. The van der Waals surface area contributed by atoms with Crippen LogP contribution in [-0.4, -0.2) is 24.3 Å². The summed E-state index contributed by atoms with van der Waals surface area (Å²) in [6.07, 6.45) is 4.09. The Hall–Kier alpha value is -7.76. The number of imidazole rings is 1. The smallest absolute Gasteiger partial charge is 0.164 e. The van der Waals surface area contributed by atoms with Gasteiger partial charge in [0.2, 0.25) is 0 Å². The maximum Gasteiger partial charge on any atom is 0.164 e. The van der Waals surface area contributed by atoms with Gasteiger partial charge in [-0.2, -0.15) is 0 Å². The summed E-state index contributed by atoms with van der Waals surface area (Å²) >= 11 is 0. The van der Waals surface area contributed by atoms with Crippen molar-refractivity contribution < 1.29 is 0 Å². The lowest BCUT2D eigenvalue weighted by atomic mass is 9.67. The van der Waals surface area contributed by atoms with E-state index in [1.165, 1.54) is 33.4 Å². The third-order valence-electron chi connectivity index (χ3n) is 11.4. The molecule has 0 radical (unpaired) electrons. The first-order valence-electron chi connectivity index (χ1n) is 19.5. The van der Waals surface area contributed by atoms with Crippen molar-refractivity contribution in [2.75, 3.05) is 0 Å². The number of rotatable bonds is 7. The fourth-order valence-corrected chi connectivity index (χ4v) is 8.68. The molecule has 0 spiro atoms. The van der Waals surface area contributed by atoms with Crippen LogP contribution in [0.2, 0.25) is 0 Å². The number of hydrogen-bond acceptors (Lipinski definition) is 4. The van der Waals surface area contributed by atoms with E-state index in [2.05, 4.69) is 170 Å². The average molecular weight is 742 g/mol. The van der Waals surface area contributed by atoms with Crippen molar-refractivity contribution in [3.63, 3.8) is 0 Å². The van der Waals surface area contributed by atoms with E-state index in [-0.39, 0.29) is 0 Å². The van der Waals surface area contributed by atoms with Crippen molar-refractivity contribution in [3.8, 4) is 67.7 Å². The molecule has 1 aliphatic carbocycles. The molecule has 0 atom stereocenters. The van der Waals surface area contributed by atoms with Gasteiger partial charge in [-0.25, -0.2) is 19.9 Å². The van der Waals surface area contributed by atoms with Gasteiger partial charge in [-0.15, -0.1) is 0 Å². The van der Waals surface area contributed by atoms with Crippen molar-refractivity contribution >= 4 is 5.65 Å². The molecule has 0 fully saturated rings. The summed E-state index contributed by atoms with van der Waals surface area (Å²) in [6.45, 7) is 0. The lowest BCUT2D eigenvalue weighted by Crippen LogP contribution is -2.28. The Bertz CT molecular complexity index is 3030. The fraction of sp³-hybridized carbons (Fsp3) is 0.0189. The zero-order valence-corrected chi connectivity index (χ0v) is 31.4. The van der Waals surface area contributed by atoms with Crippen LogP contribution in [-0.2, 0) is 5.41 Å². The second kappa shape index (κ2) is 13.8. The molecule has 0 amide bonds. The Morgan fingerprint density at radius 3 is 1.59 bits per heavy atom. The molecule has 0 unspecified atom stereocenters. The number of aromatic nitrogens is 5. The Balaban J connectivity index is 1.04. The molecule has 5 heteroatoms. The molecule has 3 heterocycles. The Kier molecular flexibility index (Phi) is 7.97. The summed E-state index contributed by atoms with van der Waals surface area (Å²) in [4.78, 5) is 20.3. The van der Waals surface area contributed by atoms with E-state index in [9.17, 15) is 0 Å². The van der Waals surface area contributed by atoms with Crippen molar-refractivity contribution in [1.29, 1.82) is 0 Å². The van der Waals surface area contributed by atoms with Gasteiger partial charge in [0.1, 0.15) is 5.65 Å². The molecule has 0 aliphatic heterocycles. The van der Waals surface area contributed by atoms with Crippen LogP contribution in [0.25, 0.3) is 73.3 Å². The first-order valence-corrected chi connectivity index (χ1v) is 19.5. The van der Waals surface area contributed by atoms with Gasteiger partial charge in [0.05, 0.1) is 11.1 Å². The Morgan fingerprint density at radius 1 is 0.345 bits per heavy atom. The van der Waals surface area contributed by atoms with Gasteiger partial charge in [0.25, 0.3) is 0 Å². The largest absolute Gasteiger partial charge is 0.306 e. The maximum atomic E-state index is 5.24. The van der Waals surface area contributed by atoms with Crippen LogP contribution in [0.3, 0.4) is 0 Å². The molecule has 1 aliphatic rings. The second-order valence-corrected chi connectivity index (χ2v) is 14.7. The topological polar surface area (TPSA) is 56.0 Å². The van der Waals surface area contributed by atoms with E-state index < -0.39 is 5.41 Å². The molecule has 10 aromatic rings. The van der Waals surface area contributed by atoms with Crippen LogP contribution < -0.4 is 0 Å². The molecule has 11 rings (SSSR count). The van der Waals surface area contributed by atoms with E-state index >= 15 is 0 Å². The van der Waals surface area contributed by atoms with Gasteiger partial charge in [-0.3, -0.25) is 0 Å². The summed E-state index contributed by atoms with van der Waals surface area (Å²) in [7, 11) is 0. The normalized spacial score (nSPS) is 12.6. The molecule has 5 nitrogen and oxygen atoms in total. The highest BCUT2D eigenvalue weighted by molar-refractivity contribution is 5.88. The first kappa shape index (κ1) is 33.6. The van der Waals surface area contributed by atoms with Crippen molar-refractivity contribution in [3.05, 3.63) is 235 Å². The molecular weight excluding hydrogens is 707 g/mol. The minimum absolute atomic E-state index is 0.530. The summed E-state index contributed by atoms with van der Waals surface area (Å²) in [5.74, 6) is 1.87. The van der Waals surface area contributed by atoms with Gasteiger partial charge in [0, 0.05) is 34.6 Å². The number of nitrogens with zero attached hydrogens (tertiary/aromatic N) is 5. The molecule has 0 bridgehead atoms. The summed E-state index contributed by atoms with van der Waals surface area (Å²) < 4.78 is 2.05. The van der Waals surface area contributed by atoms with Crippen molar-refractivity contribution in [2.45, 2.75) is 5.41 Å². The lowest BCUT2D eigenvalue weighted by molar-refractivity contribution is 0.768. The highest BCUT2D eigenvalue weighted by atomic mass is 15.0. The summed E-state index contributed by atoms with van der Waals surface area (Å²) in [5.41, 5.74) is 14.7. The minimum Gasteiger partial charge on any atom is -0.306 e. The Morgan fingerprint density at radius 2 is 0.879 bits per heavy atom. The van der Waals surface area contributed by atoms with Crippen molar-refractivity contribution in [1.82, 2.24) is 24.3 Å². The third kappa shape index (κ3) is 5.55. The maximum absolute atomic E-state index is 5.24. The monoisotopic (exact) mass is 741 g/mol. The quantitative estimate of drug-likeness (QED) is 0.163. The summed E-state index contributed by atoms with van der Waals surface area (Å²) in [6, 6.07) is 70.5. The molecule has 7 aromatic carbocycles. The lowest BCUT2D eigenvalue weighted by Gasteiger charge is -2.34. The third-order valence-corrected chi connectivity index (χ3v) is 11.4. The number of pyridine rings is 1. The van der Waals surface area contributed by atoms with Gasteiger partial charge in [0.15, 0.2) is 17.5 Å². The number of fused-ring (bicyclic) bond motifs is 4. The minimum atomic E-state index is -0.530.